The van der Waals surface area contributed by atoms with Crippen LogP contribution in [0.5, 0.6) is 5.75 Å². The van der Waals surface area contributed by atoms with Crippen LogP contribution in [0.2, 0.25) is 0 Å². The van der Waals surface area contributed by atoms with Crippen LogP contribution in [0.15, 0.2) is 65.8 Å². The number of aromatic nitrogens is 6. The number of nitrogens with zero attached hydrogens (tertiary/aromatic N) is 8. The van der Waals surface area contributed by atoms with Crippen LogP contribution in [0.1, 0.15) is 61.1 Å². The van der Waals surface area contributed by atoms with Gasteiger partial charge in [-0.25, -0.2) is 22.5 Å². The second kappa shape index (κ2) is 13.5. The van der Waals surface area contributed by atoms with Crippen molar-refractivity contribution >= 4 is 33.1 Å². The molecule has 2 aliphatic rings. The summed E-state index contributed by atoms with van der Waals surface area (Å²) >= 11 is 0. The van der Waals surface area contributed by atoms with Crippen molar-refractivity contribution in [3.63, 3.8) is 0 Å². The summed E-state index contributed by atoms with van der Waals surface area (Å²) in [5.41, 5.74) is 4.59. The van der Waals surface area contributed by atoms with E-state index in [1.165, 1.54) is 12.1 Å². The molecule has 5 aromatic rings. The summed E-state index contributed by atoms with van der Waals surface area (Å²) in [6, 6.07) is 13.8. The van der Waals surface area contributed by atoms with E-state index in [-0.39, 0.29) is 28.7 Å². The van der Waals surface area contributed by atoms with E-state index in [0.717, 1.165) is 72.6 Å². The van der Waals surface area contributed by atoms with Crippen molar-refractivity contribution in [2.24, 2.45) is 7.05 Å². The normalized spacial score (nSPS) is 16.4. The highest BCUT2D eigenvalue weighted by Gasteiger charge is 2.36. The third-order valence-corrected chi connectivity index (χ3v) is 10.4. The Bertz CT molecular complexity index is 2120. The van der Waals surface area contributed by atoms with Crippen LogP contribution < -0.4 is 14.5 Å². The molecule has 4 heterocycles. The van der Waals surface area contributed by atoms with Crippen LogP contribution in [0.3, 0.4) is 0 Å². The lowest BCUT2D eigenvalue weighted by molar-refractivity contribution is -0.0405. The molecule has 3 aromatic heterocycles. The van der Waals surface area contributed by atoms with Gasteiger partial charge >= 0.3 is 0 Å². The SMILES string of the molecule is COc1ccc(CN(c2cc(C)n(C3CCCCO3)n2)c2nc(N(C)c3ccc(S(C)(=O)=O)cc3F)nc(-c3cnn(C)c3)c2C2CC2)cc1. The van der Waals surface area contributed by atoms with Gasteiger partial charge in [0, 0.05) is 56.0 Å². The van der Waals surface area contributed by atoms with Gasteiger partial charge in [0.25, 0.3) is 0 Å². The molecule has 12 nitrogen and oxygen atoms in total. The van der Waals surface area contributed by atoms with E-state index < -0.39 is 15.7 Å². The second-order valence-corrected chi connectivity index (χ2v) is 15.1. The second-order valence-electron chi connectivity index (χ2n) is 13.1. The summed E-state index contributed by atoms with van der Waals surface area (Å²) < 4.78 is 55.2. The molecule has 0 bridgehead atoms. The summed E-state index contributed by atoms with van der Waals surface area (Å²) in [5, 5.41) is 9.58. The highest BCUT2D eigenvalue weighted by molar-refractivity contribution is 7.90. The Balaban J connectivity index is 1.42. The molecule has 2 aromatic carbocycles. The van der Waals surface area contributed by atoms with Crippen LogP contribution >= 0.6 is 0 Å². The first-order chi connectivity index (χ1) is 24.0. The van der Waals surface area contributed by atoms with Crippen molar-refractivity contribution in [3.8, 4) is 17.0 Å². The quantitative estimate of drug-likeness (QED) is 0.149. The van der Waals surface area contributed by atoms with E-state index in [4.69, 9.17) is 24.5 Å². The number of hydrogen-bond donors (Lipinski definition) is 0. The van der Waals surface area contributed by atoms with Gasteiger partial charge in [0.2, 0.25) is 5.95 Å². The molecule has 1 atom stereocenters. The topological polar surface area (TPSA) is 120 Å². The summed E-state index contributed by atoms with van der Waals surface area (Å²) in [5.74, 6) is 1.84. The van der Waals surface area contributed by atoms with E-state index in [2.05, 4.69) is 16.1 Å². The van der Waals surface area contributed by atoms with Crippen LogP contribution in [0, 0.1) is 12.7 Å². The van der Waals surface area contributed by atoms with Gasteiger partial charge in [-0.3, -0.25) is 4.68 Å². The summed E-state index contributed by atoms with van der Waals surface area (Å²) in [6.07, 6.45) is 9.51. The predicted octanol–water partition coefficient (Wildman–Crippen LogP) is 6.62. The van der Waals surface area contributed by atoms with Crippen molar-refractivity contribution in [1.29, 1.82) is 0 Å². The molecule has 1 saturated heterocycles. The number of aryl methyl sites for hydroxylation is 2. The Morgan fingerprint density at radius 2 is 1.84 bits per heavy atom. The minimum atomic E-state index is -3.61. The summed E-state index contributed by atoms with van der Waals surface area (Å²) in [6.45, 7) is 3.15. The lowest BCUT2D eigenvalue weighted by Crippen LogP contribution is -2.24. The summed E-state index contributed by atoms with van der Waals surface area (Å²) in [7, 11) is 1.57. The van der Waals surface area contributed by atoms with E-state index in [0.29, 0.717) is 30.5 Å². The number of hydrogen-bond acceptors (Lipinski definition) is 10. The van der Waals surface area contributed by atoms with Crippen molar-refractivity contribution < 1.29 is 22.3 Å². The average Bonchev–Trinajstić information content (AvgIpc) is 3.74. The van der Waals surface area contributed by atoms with Crippen LogP contribution in [0.25, 0.3) is 11.3 Å². The van der Waals surface area contributed by atoms with E-state index in [1.807, 2.05) is 49.1 Å². The van der Waals surface area contributed by atoms with Crippen molar-refractivity contribution in [2.45, 2.75) is 62.6 Å². The van der Waals surface area contributed by atoms with Gasteiger partial charge in [0.1, 0.15) is 17.4 Å². The smallest absolute Gasteiger partial charge is 0.232 e. The molecule has 0 radical (unpaired) electrons. The van der Waals surface area contributed by atoms with Gasteiger partial charge in [-0.15, -0.1) is 0 Å². The molecule has 0 spiro atoms. The molecule has 1 saturated carbocycles. The van der Waals surface area contributed by atoms with Gasteiger partial charge in [-0.2, -0.15) is 15.2 Å². The third-order valence-electron chi connectivity index (χ3n) is 9.26. The van der Waals surface area contributed by atoms with Crippen LogP contribution in [-0.2, 0) is 28.2 Å². The Hall–Kier alpha value is -4.82. The molecule has 1 aliphatic carbocycles. The number of benzene rings is 2. The number of rotatable bonds is 11. The molecule has 262 valence electrons. The fraction of sp³-hybridized carbons (Fsp3) is 0.389. The molecular formula is C36H41FN8O4S. The highest BCUT2D eigenvalue weighted by atomic mass is 32.2. The zero-order valence-corrected chi connectivity index (χ0v) is 29.7. The largest absolute Gasteiger partial charge is 0.497 e. The number of halogens is 1. The standard InChI is InChI=1S/C36H41FN8O4S/c1-23-18-31(41-45(23)32-8-6-7-17-49-32)44(21-24-9-13-27(48-4)14-10-24)35-33(25-11-12-25)34(26-20-38-42(2)22-26)39-36(40-35)43(3)30-16-15-28(19-29(30)37)50(5,46)47/h9-10,13-16,18-20,22,25,32H,6-8,11-12,17,21H2,1-5H3. The first kappa shape index (κ1) is 33.7. The van der Waals surface area contributed by atoms with Crippen LogP contribution in [-0.4, -0.2) is 65.0 Å². The van der Waals surface area contributed by atoms with Gasteiger partial charge in [-0.05, 0) is 80.8 Å². The molecule has 14 heteroatoms. The van der Waals surface area contributed by atoms with E-state index in [1.54, 1.807) is 29.9 Å². The number of ether oxygens (including phenoxy) is 2. The van der Waals surface area contributed by atoms with E-state index in [9.17, 15) is 8.42 Å². The maximum absolute atomic E-state index is 15.6. The predicted molar refractivity (Wildman–Crippen MR) is 188 cm³/mol. The molecule has 7 rings (SSSR count). The monoisotopic (exact) mass is 700 g/mol. The first-order valence-corrected chi connectivity index (χ1v) is 18.6. The molecule has 0 amide bonds. The minimum Gasteiger partial charge on any atom is -0.497 e. The van der Waals surface area contributed by atoms with Crippen LogP contribution in [0.4, 0.5) is 27.7 Å². The number of sulfone groups is 1. The fourth-order valence-corrected chi connectivity index (χ4v) is 7.03. The molecular weight excluding hydrogens is 660 g/mol. The molecule has 1 aliphatic heterocycles. The van der Waals surface area contributed by atoms with Gasteiger partial charge in [0.05, 0.1) is 36.1 Å². The average molecular weight is 701 g/mol. The number of methoxy groups -OCH3 is 1. The Morgan fingerprint density at radius 1 is 1.06 bits per heavy atom. The van der Waals surface area contributed by atoms with Gasteiger partial charge in [-0.1, -0.05) is 12.1 Å². The Morgan fingerprint density at radius 3 is 2.46 bits per heavy atom. The van der Waals surface area contributed by atoms with Crippen molar-refractivity contribution in [1.82, 2.24) is 29.5 Å². The lowest BCUT2D eigenvalue weighted by atomic mass is 10.0. The van der Waals surface area contributed by atoms with E-state index >= 15 is 4.39 Å². The maximum atomic E-state index is 15.6. The third kappa shape index (κ3) is 6.81. The zero-order chi connectivity index (χ0) is 35.2. The molecule has 1 unspecified atom stereocenters. The maximum Gasteiger partial charge on any atom is 0.232 e. The zero-order valence-electron chi connectivity index (χ0n) is 28.9. The molecule has 0 N–H and O–H groups in total. The summed E-state index contributed by atoms with van der Waals surface area (Å²) in [4.78, 5) is 13.8. The number of anilines is 4. The van der Waals surface area contributed by atoms with Crippen molar-refractivity contribution in [3.05, 3.63) is 83.6 Å². The molecule has 50 heavy (non-hydrogen) atoms. The van der Waals surface area contributed by atoms with Gasteiger partial charge in [0.15, 0.2) is 21.9 Å². The van der Waals surface area contributed by atoms with Crippen molar-refractivity contribution in [2.75, 3.05) is 36.8 Å². The lowest BCUT2D eigenvalue weighted by Gasteiger charge is -2.28. The minimum absolute atomic E-state index is 0.104. The first-order valence-electron chi connectivity index (χ1n) is 16.7. The Labute approximate surface area is 291 Å². The highest BCUT2D eigenvalue weighted by Crippen LogP contribution is 2.50. The molecule has 2 fully saturated rings. The van der Waals surface area contributed by atoms with Gasteiger partial charge < -0.3 is 19.3 Å². The fourth-order valence-electron chi connectivity index (χ4n) is 6.40. The Kier molecular flexibility index (Phi) is 9.07.